The van der Waals surface area contributed by atoms with Crippen molar-refractivity contribution >= 4 is 0 Å². The zero-order valence-electron chi connectivity index (χ0n) is 12.2. The van der Waals surface area contributed by atoms with Gasteiger partial charge < -0.3 is 10.1 Å². The van der Waals surface area contributed by atoms with Crippen molar-refractivity contribution in [2.45, 2.75) is 65.1 Å². The summed E-state index contributed by atoms with van der Waals surface area (Å²) in [6.07, 6.45) is 5.12. The van der Waals surface area contributed by atoms with E-state index < -0.39 is 0 Å². The number of hydrogen-bond acceptors (Lipinski definition) is 4. The maximum absolute atomic E-state index is 5.89. The van der Waals surface area contributed by atoms with Crippen LogP contribution in [0.25, 0.3) is 0 Å². The first-order valence-electron chi connectivity index (χ1n) is 7.36. The van der Waals surface area contributed by atoms with Crippen LogP contribution in [-0.2, 0) is 6.54 Å². The summed E-state index contributed by atoms with van der Waals surface area (Å²) < 4.78 is 5.89. The van der Waals surface area contributed by atoms with Gasteiger partial charge in [0.05, 0.1) is 5.69 Å². The molecule has 4 nitrogen and oxygen atoms in total. The highest BCUT2D eigenvalue weighted by molar-refractivity contribution is 5.11. The van der Waals surface area contributed by atoms with Gasteiger partial charge in [-0.2, -0.15) is 5.10 Å². The Kier molecular flexibility index (Phi) is 5.14. The van der Waals surface area contributed by atoms with E-state index >= 15 is 0 Å². The molecular weight excluding hydrogens is 238 g/mol. The van der Waals surface area contributed by atoms with Crippen LogP contribution in [0.15, 0.2) is 12.1 Å². The Morgan fingerprint density at radius 1 is 1.21 bits per heavy atom. The van der Waals surface area contributed by atoms with Crippen LogP contribution in [0, 0.1) is 5.92 Å². The van der Waals surface area contributed by atoms with E-state index in [1.165, 1.54) is 12.8 Å². The minimum Gasteiger partial charge on any atom is -0.473 e. The van der Waals surface area contributed by atoms with E-state index in [0.717, 1.165) is 31.0 Å². The summed E-state index contributed by atoms with van der Waals surface area (Å²) in [6.45, 7) is 7.31. The Bertz CT molecular complexity index is 369. The Morgan fingerprint density at radius 2 is 1.95 bits per heavy atom. The predicted octanol–water partition coefficient (Wildman–Crippen LogP) is 2.93. The molecule has 1 fully saturated rings. The van der Waals surface area contributed by atoms with Crippen molar-refractivity contribution in [3.8, 4) is 5.88 Å². The zero-order chi connectivity index (χ0) is 13.7. The lowest BCUT2D eigenvalue weighted by Crippen LogP contribution is -2.24. The number of rotatable bonds is 5. The molecule has 1 aliphatic carbocycles. The molecule has 19 heavy (non-hydrogen) atoms. The summed E-state index contributed by atoms with van der Waals surface area (Å²) >= 11 is 0. The molecule has 0 amide bonds. The van der Waals surface area contributed by atoms with E-state index in [4.69, 9.17) is 4.74 Å². The lowest BCUT2D eigenvalue weighted by Gasteiger charge is -2.26. The minimum absolute atomic E-state index is 0.324. The molecule has 1 aromatic rings. The van der Waals surface area contributed by atoms with Gasteiger partial charge in [-0.15, -0.1) is 5.10 Å². The van der Waals surface area contributed by atoms with Gasteiger partial charge in [0.1, 0.15) is 6.10 Å². The topological polar surface area (TPSA) is 47.0 Å². The SMILES string of the molecule is CC1CCC(Oc2ccc(CNC(C)C)nn2)CC1. The van der Waals surface area contributed by atoms with E-state index in [9.17, 15) is 0 Å². The van der Waals surface area contributed by atoms with Gasteiger partial charge in [0, 0.05) is 18.7 Å². The lowest BCUT2D eigenvalue weighted by atomic mass is 9.89. The van der Waals surface area contributed by atoms with Crippen LogP contribution in [0.2, 0.25) is 0 Å². The third kappa shape index (κ3) is 4.78. The fourth-order valence-electron chi connectivity index (χ4n) is 2.33. The fraction of sp³-hybridized carbons (Fsp3) is 0.733. The number of aromatic nitrogens is 2. The smallest absolute Gasteiger partial charge is 0.233 e. The van der Waals surface area contributed by atoms with E-state index in [2.05, 4.69) is 36.3 Å². The van der Waals surface area contributed by atoms with Crippen LogP contribution in [0.4, 0.5) is 0 Å². The molecule has 0 unspecified atom stereocenters. The molecule has 0 saturated heterocycles. The summed E-state index contributed by atoms with van der Waals surface area (Å²) in [7, 11) is 0. The van der Waals surface area contributed by atoms with Gasteiger partial charge in [-0.3, -0.25) is 0 Å². The van der Waals surface area contributed by atoms with Crippen molar-refractivity contribution in [1.82, 2.24) is 15.5 Å². The molecule has 0 atom stereocenters. The molecular formula is C15H25N3O. The number of ether oxygens (including phenoxy) is 1. The first-order chi connectivity index (χ1) is 9.13. The highest BCUT2D eigenvalue weighted by atomic mass is 16.5. The monoisotopic (exact) mass is 263 g/mol. The molecule has 1 N–H and O–H groups in total. The molecule has 1 aliphatic rings. The van der Waals surface area contributed by atoms with Crippen LogP contribution >= 0.6 is 0 Å². The Hall–Kier alpha value is -1.16. The minimum atomic E-state index is 0.324. The van der Waals surface area contributed by atoms with E-state index in [0.29, 0.717) is 18.0 Å². The van der Waals surface area contributed by atoms with Gasteiger partial charge in [-0.1, -0.05) is 20.8 Å². The summed E-state index contributed by atoms with van der Waals surface area (Å²) in [6, 6.07) is 4.38. The summed E-state index contributed by atoms with van der Waals surface area (Å²) in [5.41, 5.74) is 0.957. The van der Waals surface area contributed by atoms with E-state index in [1.807, 2.05) is 12.1 Å². The van der Waals surface area contributed by atoms with E-state index in [-0.39, 0.29) is 0 Å². The van der Waals surface area contributed by atoms with Gasteiger partial charge in [-0.05, 0) is 37.7 Å². The average molecular weight is 263 g/mol. The molecule has 2 rings (SSSR count). The first kappa shape index (κ1) is 14.3. The van der Waals surface area contributed by atoms with Crippen molar-refractivity contribution in [3.63, 3.8) is 0 Å². The van der Waals surface area contributed by atoms with Crippen LogP contribution in [-0.4, -0.2) is 22.3 Å². The average Bonchev–Trinajstić information content (AvgIpc) is 2.40. The van der Waals surface area contributed by atoms with Crippen molar-refractivity contribution in [2.24, 2.45) is 5.92 Å². The van der Waals surface area contributed by atoms with Crippen molar-refractivity contribution in [2.75, 3.05) is 0 Å². The van der Waals surface area contributed by atoms with Crippen molar-refractivity contribution < 1.29 is 4.74 Å². The Labute approximate surface area is 116 Å². The second-order valence-electron chi connectivity index (χ2n) is 5.90. The molecule has 106 valence electrons. The van der Waals surface area contributed by atoms with Crippen molar-refractivity contribution in [3.05, 3.63) is 17.8 Å². The maximum atomic E-state index is 5.89. The van der Waals surface area contributed by atoms with Crippen molar-refractivity contribution in [1.29, 1.82) is 0 Å². The quantitative estimate of drug-likeness (QED) is 0.887. The van der Waals surface area contributed by atoms with E-state index in [1.54, 1.807) is 0 Å². The van der Waals surface area contributed by atoms with Gasteiger partial charge in [0.15, 0.2) is 0 Å². The fourth-order valence-corrected chi connectivity index (χ4v) is 2.33. The molecule has 0 bridgehead atoms. The standard InChI is InChI=1S/C15H25N3O/c1-11(2)16-10-13-6-9-15(18-17-13)19-14-7-4-12(3)5-8-14/h6,9,11-12,14,16H,4-5,7-8,10H2,1-3H3. The molecule has 0 aliphatic heterocycles. The van der Waals surface area contributed by atoms with Gasteiger partial charge in [0.2, 0.25) is 5.88 Å². The number of nitrogens with zero attached hydrogens (tertiary/aromatic N) is 2. The highest BCUT2D eigenvalue weighted by Gasteiger charge is 2.19. The molecule has 0 radical (unpaired) electrons. The van der Waals surface area contributed by atoms with Crippen LogP contribution in [0.1, 0.15) is 52.1 Å². The largest absolute Gasteiger partial charge is 0.473 e. The zero-order valence-corrected chi connectivity index (χ0v) is 12.2. The lowest BCUT2D eigenvalue weighted by molar-refractivity contribution is 0.128. The predicted molar refractivity (Wildman–Crippen MR) is 76.1 cm³/mol. The molecule has 1 saturated carbocycles. The summed E-state index contributed by atoms with van der Waals surface area (Å²) in [4.78, 5) is 0. The summed E-state index contributed by atoms with van der Waals surface area (Å²) in [5, 5.41) is 11.7. The van der Waals surface area contributed by atoms with Gasteiger partial charge >= 0.3 is 0 Å². The normalized spacial score (nSPS) is 23.6. The van der Waals surface area contributed by atoms with Gasteiger partial charge in [-0.25, -0.2) is 0 Å². The molecule has 4 heteroatoms. The number of hydrogen-bond donors (Lipinski definition) is 1. The third-order valence-electron chi connectivity index (χ3n) is 3.64. The van der Waals surface area contributed by atoms with Crippen LogP contribution < -0.4 is 10.1 Å². The maximum Gasteiger partial charge on any atom is 0.233 e. The second kappa shape index (κ2) is 6.85. The summed E-state index contributed by atoms with van der Waals surface area (Å²) in [5.74, 6) is 1.50. The second-order valence-corrected chi connectivity index (χ2v) is 5.90. The molecule has 0 aromatic carbocycles. The Morgan fingerprint density at radius 3 is 2.53 bits per heavy atom. The highest BCUT2D eigenvalue weighted by Crippen LogP contribution is 2.26. The molecule has 1 heterocycles. The number of nitrogens with one attached hydrogen (secondary N) is 1. The third-order valence-corrected chi connectivity index (χ3v) is 3.64. The Balaban J connectivity index is 1.81. The first-order valence-corrected chi connectivity index (χ1v) is 7.36. The molecule has 1 aromatic heterocycles. The molecule has 0 spiro atoms. The van der Waals surface area contributed by atoms with Gasteiger partial charge in [0.25, 0.3) is 0 Å². The van der Waals surface area contributed by atoms with Crippen LogP contribution in [0.3, 0.4) is 0 Å². The van der Waals surface area contributed by atoms with Crippen LogP contribution in [0.5, 0.6) is 5.88 Å².